The van der Waals surface area contributed by atoms with Crippen LogP contribution in [0.25, 0.3) is 0 Å². The third-order valence-electron chi connectivity index (χ3n) is 2.39. The highest BCUT2D eigenvalue weighted by Crippen LogP contribution is 2.31. The molecule has 0 bridgehead atoms. The van der Waals surface area contributed by atoms with Crippen molar-refractivity contribution in [2.24, 2.45) is 5.73 Å². The molecule has 0 aliphatic rings. The van der Waals surface area contributed by atoms with E-state index < -0.39 is 5.91 Å². The Hall–Kier alpha value is -2.28. The Morgan fingerprint density at radius 2 is 2.16 bits per heavy atom. The minimum atomic E-state index is -0.592. The molecular formula is C12H12N4O2S. The number of para-hydroxylation sites is 1. The summed E-state index contributed by atoms with van der Waals surface area (Å²) in [5.41, 5.74) is 12.0. The predicted octanol–water partition coefficient (Wildman–Crippen LogP) is 0.911. The Bertz CT molecular complexity index is 696. The number of benzene rings is 1. The van der Waals surface area contributed by atoms with Gasteiger partial charge in [0, 0.05) is 16.7 Å². The van der Waals surface area contributed by atoms with Gasteiger partial charge < -0.3 is 16.5 Å². The van der Waals surface area contributed by atoms with Crippen LogP contribution < -0.4 is 17.0 Å². The van der Waals surface area contributed by atoms with E-state index in [9.17, 15) is 9.59 Å². The van der Waals surface area contributed by atoms with Crippen molar-refractivity contribution in [2.45, 2.75) is 17.0 Å². The van der Waals surface area contributed by atoms with Gasteiger partial charge in [0.05, 0.1) is 11.3 Å². The monoisotopic (exact) mass is 276 g/mol. The normalized spacial score (nSPS) is 10.4. The van der Waals surface area contributed by atoms with Crippen LogP contribution in [0.2, 0.25) is 0 Å². The molecule has 0 aliphatic heterocycles. The number of anilines is 1. The van der Waals surface area contributed by atoms with Crippen LogP contribution in [0, 0.1) is 6.92 Å². The summed E-state index contributed by atoms with van der Waals surface area (Å²) in [5, 5.41) is 0.415. The predicted molar refractivity (Wildman–Crippen MR) is 73.1 cm³/mol. The van der Waals surface area contributed by atoms with Gasteiger partial charge in [-0.3, -0.25) is 9.59 Å². The van der Waals surface area contributed by atoms with Crippen LogP contribution in [0.5, 0.6) is 0 Å². The maximum Gasteiger partial charge on any atom is 0.251 e. The molecule has 0 saturated carbocycles. The van der Waals surface area contributed by atoms with Crippen molar-refractivity contribution in [3.8, 4) is 0 Å². The zero-order valence-electron chi connectivity index (χ0n) is 10.1. The summed E-state index contributed by atoms with van der Waals surface area (Å²) >= 11 is 1.17. The van der Waals surface area contributed by atoms with Gasteiger partial charge in [-0.15, -0.1) is 0 Å². The van der Waals surface area contributed by atoms with Gasteiger partial charge in [-0.05, 0) is 30.8 Å². The molecule has 5 N–H and O–H groups in total. The molecule has 0 aliphatic carbocycles. The fourth-order valence-electron chi connectivity index (χ4n) is 1.55. The molecule has 6 nitrogen and oxygen atoms in total. The Labute approximate surface area is 113 Å². The lowest BCUT2D eigenvalue weighted by atomic mass is 10.2. The van der Waals surface area contributed by atoms with Crippen LogP contribution in [0.4, 0.5) is 5.69 Å². The second-order valence-electron chi connectivity index (χ2n) is 3.88. The number of aromatic nitrogens is 2. The van der Waals surface area contributed by atoms with Crippen molar-refractivity contribution < 1.29 is 4.79 Å². The van der Waals surface area contributed by atoms with Gasteiger partial charge in [-0.25, -0.2) is 4.98 Å². The molecule has 0 saturated heterocycles. The van der Waals surface area contributed by atoms with Crippen LogP contribution >= 0.6 is 11.8 Å². The minimum Gasteiger partial charge on any atom is -0.397 e. The highest BCUT2D eigenvalue weighted by molar-refractivity contribution is 7.99. The van der Waals surface area contributed by atoms with E-state index in [2.05, 4.69) is 9.97 Å². The van der Waals surface area contributed by atoms with E-state index in [1.165, 1.54) is 17.8 Å². The van der Waals surface area contributed by atoms with E-state index >= 15 is 0 Å². The van der Waals surface area contributed by atoms with Crippen molar-refractivity contribution >= 4 is 23.4 Å². The molecule has 19 heavy (non-hydrogen) atoms. The molecular weight excluding hydrogens is 264 g/mol. The number of aryl methyl sites for hydroxylation is 1. The Balaban J connectivity index is 2.41. The van der Waals surface area contributed by atoms with Gasteiger partial charge in [-0.1, -0.05) is 6.07 Å². The van der Waals surface area contributed by atoms with Crippen molar-refractivity contribution in [1.29, 1.82) is 0 Å². The molecule has 1 amide bonds. The SMILES string of the molecule is Cc1cc(=O)[nH]c(Sc2cccc(C(N)=O)c2N)n1. The van der Waals surface area contributed by atoms with Gasteiger partial charge in [0.2, 0.25) is 0 Å². The smallest absolute Gasteiger partial charge is 0.251 e. The Kier molecular flexibility index (Phi) is 3.57. The third kappa shape index (κ3) is 2.94. The second kappa shape index (κ2) is 5.15. The largest absolute Gasteiger partial charge is 0.397 e. The number of H-pyrrole nitrogens is 1. The number of aromatic amines is 1. The maximum absolute atomic E-state index is 11.3. The first-order chi connectivity index (χ1) is 8.97. The van der Waals surface area contributed by atoms with E-state index in [0.29, 0.717) is 15.7 Å². The number of nitrogens with one attached hydrogen (secondary N) is 1. The van der Waals surface area contributed by atoms with Gasteiger partial charge in [0.15, 0.2) is 5.16 Å². The number of hydrogen-bond acceptors (Lipinski definition) is 5. The highest BCUT2D eigenvalue weighted by Gasteiger charge is 2.11. The molecule has 2 rings (SSSR count). The van der Waals surface area contributed by atoms with Crippen molar-refractivity contribution in [3.05, 3.63) is 45.9 Å². The van der Waals surface area contributed by atoms with Gasteiger partial charge >= 0.3 is 0 Å². The van der Waals surface area contributed by atoms with E-state index in [1.807, 2.05) is 0 Å². The average Bonchev–Trinajstić information content (AvgIpc) is 2.30. The lowest BCUT2D eigenvalue weighted by molar-refractivity contribution is 0.100. The number of nitrogens with zero attached hydrogens (tertiary/aromatic N) is 1. The molecule has 0 fully saturated rings. The topological polar surface area (TPSA) is 115 Å². The average molecular weight is 276 g/mol. The van der Waals surface area contributed by atoms with Crippen LogP contribution in [-0.2, 0) is 0 Å². The van der Waals surface area contributed by atoms with Crippen LogP contribution in [0.15, 0.2) is 39.1 Å². The number of primary amides is 1. The number of amides is 1. The number of carbonyl (C=O) groups excluding carboxylic acids is 1. The quantitative estimate of drug-likeness (QED) is 0.569. The summed E-state index contributed by atoms with van der Waals surface area (Å²) in [6.07, 6.45) is 0. The fourth-order valence-corrected chi connectivity index (χ4v) is 2.47. The van der Waals surface area contributed by atoms with Crippen molar-refractivity contribution in [3.63, 3.8) is 0 Å². The van der Waals surface area contributed by atoms with Crippen LogP contribution in [0.3, 0.4) is 0 Å². The molecule has 0 atom stereocenters. The molecule has 7 heteroatoms. The first kappa shape index (κ1) is 13.2. The highest BCUT2D eigenvalue weighted by atomic mass is 32.2. The first-order valence-corrected chi connectivity index (χ1v) is 6.23. The zero-order chi connectivity index (χ0) is 14.0. The fraction of sp³-hybridized carbons (Fsp3) is 0.0833. The molecule has 1 aromatic heterocycles. The minimum absolute atomic E-state index is 0.236. The number of nitrogens with two attached hydrogens (primary N) is 2. The zero-order valence-corrected chi connectivity index (χ0v) is 11.0. The number of hydrogen-bond donors (Lipinski definition) is 3. The van der Waals surface area contributed by atoms with Gasteiger partial charge in [0.25, 0.3) is 11.5 Å². The standard InChI is InChI=1S/C12H12N4O2S/c1-6-5-9(17)16-12(15-6)19-8-4-2-3-7(10(8)13)11(14)18/h2-5H,13H2,1H3,(H2,14,18)(H,15,16,17). The lowest BCUT2D eigenvalue weighted by Crippen LogP contribution is -2.14. The molecule has 0 unspecified atom stereocenters. The summed E-state index contributed by atoms with van der Waals surface area (Å²) < 4.78 is 0. The Morgan fingerprint density at radius 1 is 1.42 bits per heavy atom. The first-order valence-electron chi connectivity index (χ1n) is 5.41. The second-order valence-corrected chi connectivity index (χ2v) is 4.91. The van der Waals surface area contributed by atoms with Crippen molar-refractivity contribution in [1.82, 2.24) is 9.97 Å². The molecule has 0 radical (unpaired) electrons. The number of carbonyl (C=O) groups is 1. The number of rotatable bonds is 3. The molecule has 2 aromatic rings. The summed E-state index contributed by atoms with van der Waals surface area (Å²) in [4.78, 5) is 29.9. The van der Waals surface area contributed by atoms with Crippen LogP contribution in [0.1, 0.15) is 16.1 Å². The third-order valence-corrected chi connectivity index (χ3v) is 3.35. The summed E-state index contributed by atoms with van der Waals surface area (Å²) in [6.45, 7) is 1.72. The van der Waals surface area contributed by atoms with Gasteiger partial charge in [0.1, 0.15) is 0 Å². The van der Waals surface area contributed by atoms with Gasteiger partial charge in [-0.2, -0.15) is 0 Å². The lowest BCUT2D eigenvalue weighted by Gasteiger charge is -2.07. The maximum atomic E-state index is 11.3. The molecule has 1 heterocycles. The van der Waals surface area contributed by atoms with E-state index in [0.717, 1.165) is 0 Å². The summed E-state index contributed by atoms with van der Waals surface area (Å²) in [7, 11) is 0. The summed E-state index contributed by atoms with van der Waals surface area (Å²) in [6, 6.07) is 6.35. The number of nitrogen functional groups attached to an aromatic ring is 1. The Morgan fingerprint density at radius 3 is 2.79 bits per heavy atom. The van der Waals surface area contributed by atoms with E-state index in [-0.39, 0.29) is 16.8 Å². The summed E-state index contributed by atoms with van der Waals surface area (Å²) in [5.74, 6) is -0.592. The van der Waals surface area contributed by atoms with E-state index in [1.54, 1.807) is 25.1 Å². The van der Waals surface area contributed by atoms with Crippen molar-refractivity contribution in [2.75, 3.05) is 5.73 Å². The van der Waals surface area contributed by atoms with Crippen LogP contribution in [-0.4, -0.2) is 15.9 Å². The van der Waals surface area contributed by atoms with E-state index in [4.69, 9.17) is 11.5 Å². The molecule has 0 spiro atoms. The molecule has 98 valence electrons. The molecule has 1 aromatic carbocycles.